The second-order valence-corrected chi connectivity index (χ2v) is 14.0. The van der Waals surface area contributed by atoms with E-state index in [0.717, 1.165) is 22.3 Å². The molecule has 4 heterocycles. The quantitative estimate of drug-likeness (QED) is 0.232. The first-order chi connectivity index (χ1) is 24.9. The molecule has 4 aliphatic heterocycles. The van der Waals surface area contributed by atoms with Crippen LogP contribution in [-0.2, 0) is 33.6 Å². The second-order valence-electron chi connectivity index (χ2n) is 14.0. The maximum absolute atomic E-state index is 13.7. The third-order valence-electron chi connectivity index (χ3n) is 11.0. The Hall–Kier alpha value is -5.32. The Kier molecular flexibility index (Phi) is 9.23. The summed E-state index contributed by atoms with van der Waals surface area (Å²) in [5, 5.41) is 28.5. The van der Waals surface area contributed by atoms with Gasteiger partial charge in [-0.05, 0) is 57.4 Å². The summed E-state index contributed by atoms with van der Waals surface area (Å²) in [4.78, 5) is 43.3. The van der Waals surface area contributed by atoms with E-state index in [0.29, 0.717) is 52.5 Å². The number of benzene rings is 3. The molecule has 2 amide bonds. The second kappa shape index (κ2) is 13.7. The van der Waals surface area contributed by atoms with Gasteiger partial charge in [-0.15, -0.1) is 0 Å². The average Bonchev–Trinajstić information content (AvgIpc) is 3.60. The molecular weight excluding hydrogens is 666 g/mol. The summed E-state index contributed by atoms with van der Waals surface area (Å²) in [7, 11) is 3.50. The van der Waals surface area contributed by atoms with Crippen LogP contribution in [0.5, 0.6) is 28.7 Å². The first-order valence-electron chi connectivity index (χ1n) is 17.5. The predicted molar refractivity (Wildman–Crippen MR) is 188 cm³/mol. The molecule has 0 spiro atoms. The molecule has 0 aliphatic carbocycles. The normalized spacial score (nSPS) is 23.3. The lowest BCUT2D eigenvalue weighted by molar-refractivity contribution is -0.132. The van der Waals surface area contributed by atoms with Gasteiger partial charge in [0.15, 0.2) is 23.0 Å². The number of rotatable bonds is 8. The number of hydrogen-bond acceptors (Lipinski definition) is 11. The van der Waals surface area contributed by atoms with E-state index in [-0.39, 0.29) is 37.5 Å². The van der Waals surface area contributed by atoms with Crippen LogP contribution in [0.25, 0.3) is 0 Å². The Labute approximate surface area is 302 Å². The van der Waals surface area contributed by atoms with Gasteiger partial charge in [0.2, 0.25) is 18.6 Å². The number of aromatic hydroxyl groups is 1. The van der Waals surface area contributed by atoms with E-state index < -0.39 is 42.1 Å². The standard InChI is InChI=1S/C39H43N5O8/c1-19-12-24-14-26-28(16-40)44-27(33(43(26)5)31(24)34(47)35(19)49-6)15-25-32(38-37(50-18-51-38)20(2)36(25)52-22(4)45)29(44)17-41-39(48)21(3)42-30(46)13-23-10-8-7-9-11-23/h7-12,21,26-29,33,47H,13-15,17-18H2,1-6H3,(H,41,48)(H,42,46)/t21-,26-,27?,28-,29-,33?/m0/s1. The Morgan fingerprint density at radius 2 is 1.81 bits per heavy atom. The number of phenolic OH excluding ortho intramolecular Hbond substituents is 1. The smallest absolute Gasteiger partial charge is 0.308 e. The average molecular weight is 710 g/mol. The Morgan fingerprint density at radius 3 is 2.50 bits per heavy atom. The number of fused-ring (bicyclic) bond motifs is 9. The van der Waals surface area contributed by atoms with Gasteiger partial charge in [-0.1, -0.05) is 36.4 Å². The van der Waals surface area contributed by atoms with Crippen molar-refractivity contribution >= 4 is 17.8 Å². The van der Waals surface area contributed by atoms with E-state index in [1.54, 1.807) is 6.92 Å². The molecule has 0 radical (unpaired) electrons. The fraction of sp³-hybridized carbons (Fsp3) is 0.436. The highest BCUT2D eigenvalue weighted by atomic mass is 16.7. The summed E-state index contributed by atoms with van der Waals surface area (Å²) >= 11 is 0. The number of likely N-dealkylation sites (N-methyl/N-ethyl adjacent to an activating group) is 1. The molecule has 4 aliphatic rings. The summed E-state index contributed by atoms with van der Waals surface area (Å²) in [5.74, 6) is 0.518. The molecule has 3 aromatic carbocycles. The lowest BCUT2D eigenvalue weighted by Gasteiger charge is -2.60. The van der Waals surface area contributed by atoms with Crippen LogP contribution < -0.4 is 29.6 Å². The number of aryl methyl sites for hydroxylation is 1. The third kappa shape index (κ3) is 5.76. The van der Waals surface area contributed by atoms with Crippen molar-refractivity contribution in [1.29, 1.82) is 5.26 Å². The molecule has 0 aromatic heterocycles. The van der Waals surface area contributed by atoms with Gasteiger partial charge in [-0.2, -0.15) is 5.26 Å². The van der Waals surface area contributed by atoms with Gasteiger partial charge in [0, 0.05) is 47.8 Å². The zero-order valence-corrected chi connectivity index (χ0v) is 30.1. The van der Waals surface area contributed by atoms with Gasteiger partial charge in [-0.25, -0.2) is 0 Å². The summed E-state index contributed by atoms with van der Waals surface area (Å²) in [5.41, 5.74) is 5.27. The Balaban J connectivity index is 1.31. The largest absolute Gasteiger partial charge is 0.504 e. The van der Waals surface area contributed by atoms with Gasteiger partial charge in [-0.3, -0.25) is 24.2 Å². The van der Waals surface area contributed by atoms with Gasteiger partial charge < -0.3 is 34.7 Å². The van der Waals surface area contributed by atoms with Crippen molar-refractivity contribution in [1.82, 2.24) is 20.4 Å². The highest BCUT2D eigenvalue weighted by Crippen LogP contribution is 2.58. The number of hydrogen-bond donors (Lipinski definition) is 3. The van der Waals surface area contributed by atoms with E-state index in [1.807, 2.05) is 57.3 Å². The lowest BCUT2D eigenvalue weighted by Crippen LogP contribution is -2.69. The molecule has 3 aromatic rings. The van der Waals surface area contributed by atoms with Crippen LogP contribution in [0.3, 0.4) is 0 Å². The van der Waals surface area contributed by atoms with Crippen LogP contribution in [0.15, 0.2) is 36.4 Å². The Morgan fingerprint density at radius 1 is 1.08 bits per heavy atom. The van der Waals surface area contributed by atoms with Gasteiger partial charge in [0.05, 0.1) is 31.7 Å². The zero-order chi connectivity index (χ0) is 37.0. The number of phenols is 1. The van der Waals surface area contributed by atoms with Crippen LogP contribution in [-0.4, -0.2) is 84.4 Å². The molecule has 13 heteroatoms. The molecule has 1 fully saturated rings. The number of esters is 1. The number of piperazine rings is 1. The molecule has 3 N–H and O–H groups in total. The van der Waals surface area contributed by atoms with E-state index in [2.05, 4.69) is 26.5 Å². The van der Waals surface area contributed by atoms with Crippen molar-refractivity contribution in [2.75, 3.05) is 27.5 Å². The minimum atomic E-state index is -0.854. The van der Waals surface area contributed by atoms with Crippen LogP contribution in [0.1, 0.15) is 64.9 Å². The minimum Gasteiger partial charge on any atom is -0.504 e. The molecule has 0 saturated carbocycles. The molecule has 2 unspecified atom stereocenters. The van der Waals surface area contributed by atoms with Crippen LogP contribution >= 0.6 is 0 Å². The van der Waals surface area contributed by atoms with Gasteiger partial charge in [0.1, 0.15) is 17.8 Å². The molecule has 1 saturated heterocycles. The lowest BCUT2D eigenvalue weighted by atomic mass is 9.71. The highest BCUT2D eigenvalue weighted by Gasteiger charge is 2.57. The van der Waals surface area contributed by atoms with Crippen molar-refractivity contribution in [3.63, 3.8) is 0 Å². The summed E-state index contributed by atoms with van der Waals surface area (Å²) in [6, 6.07) is 10.7. The number of methoxy groups -OCH3 is 1. The molecular formula is C39H43N5O8. The molecule has 7 rings (SSSR count). The van der Waals surface area contributed by atoms with Crippen LogP contribution in [0, 0.1) is 25.2 Å². The fourth-order valence-corrected chi connectivity index (χ4v) is 8.80. The van der Waals surface area contributed by atoms with Crippen molar-refractivity contribution in [3.8, 4) is 34.8 Å². The van der Waals surface area contributed by atoms with E-state index in [9.17, 15) is 24.8 Å². The van der Waals surface area contributed by atoms with Crippen molar-refractivity contribution < 1.29 is 38.4 Å². The number of amides is 2. The number of ether oxygens (including phenoxy) is 4. The van der Waals surface area contributed by atoms with Gasteiger partial charge in [0.25, 0.3) is 0 Å². The third-order valence-corrected chi connectivity index (χ3v) is 11.0. The number of nitrogens with one attached hydrogen (secondary N) is 2. The molecule has 52 heavy (non-hydrogen) atoms. The van der Waals surface area contributed by atoms with Crippen LogP contribution in [0.4, 0.5) is 0 Å². The maximum Gasteiger partial charge on any atom is 0.308 e. The van der Waals surface area contributed by atoms with Gasteiger partial charge >= 0.3 is 5.97 Å². The number of carbonyl (C=O) groups is 3. The molecule has 272 valence electrons. The zero-order valence-electron chi connectivity index (χ0n) is 30.1. The summed E-state index contributed by atoms with van der Waals surface area (Å²) in [6.45, 7) is 6.65. The summed E-state index contributed by atoms with van der Waals surface area (Å²) < 4.78 is 23.6. The van der Waals surface area contributed by atoms with Crippen LogP contribution in [0.2, 0.25) is 0 Å². The van der Waals surface area contributed by atoms with Crippen molar-refractivity contribution in [2.24, 2.45) is 0 Å². The maximum atomic E-state index is 13.7. The number of nitrogens with zero attached hydrogens (tertiary/aromatic N) is 3. The molecule has 13 nitrogen and oxygen atoms in total. The van der Waals surface area contributed by atoms with Crippen molar-refractivity contribution in [2.45, 2.75) is 83.2 Å². The predicted octanol–water partition coefficient (Wildman–Crippen LogP) is 3.31. The minimum absolute atomic E-state index is 0.0387. The molecule has 2 bridgehead atoms. The van der Waals surface area contributed by atoms with E-state index >= 15 is 0 Å². The fourth-order valence-electron chi connectivity index (χ4n) is 8.80. The summed E-state index contributed by atoms with van der Waals surface area (Å²) in [6.07, 6.45) is 0.966. The van der Waals surface area contributed by atoms with E-state index in [4.69, 9.17) is 18.9 Å². The highest BCUT2D eigenvalue weighted by molar-refractivity contribution is 5.88. The first-order valence-corrected chi connectivity index (χ1v) is 17.5. The van der Waals surface area contributed by atoms with Crippen molar-refractivity contribution in [3.05, 3.63) is 75.3 Å². The molecule has 6 atom stereocenters. The first kappa shape index (κ1) is 35.1. The number of nitriles is 1. The van der Waals surface area contributed by atoms with E-state index in [1.165, 1.54) is 14.0 Å². The number of carbonyl (C=O) groups excluding carboxylic acids is 3. The monoisotopic (exact) mass is 709 g/mol. The Bertz CT molecular complexity index is 1990. The topological polar surface area (TPSA) is 163 Å². The SMILES string of the molecule is COc1c(C)cc2c(c1O)C1C3Cc4c(OC(C)=O)c(C)c5c(c4[C@H](CNC(=O)[C@H](C)NC(=O)Cc4ccccc4)N3[C@@H](C#N)[C@H](C2)N1C)OCO5.